The van der Waals surface area contributed by atoms with Crippen molar-refractivity contribution in [3.8, 4) is 0 Å². The second-order valence-corrected chi connectivity index (χ2v) is 4.45. The maximum Gasteiger partial charge on any atom is 0.0839 e. The van der Waals surface area contributed by atoms with Gasteiger partial charge in [-0.3, -0.25) is 0 Å². The van der Waals surface area contributed by atoms with Crippen LogP contribution in [-0.2, 0) is 4.74 Å². The van der Waals surface area contributed by atoms with Crippen molar-refractivity contribution in [1.29, 1.82) is 0 Å². The lowest BCUT2D eigenvalue weighted by atomic mass is 9.97. The molecule has 2 rings (SSSR count). The van der Waals surface area contributed by atoms with Crippen molar-refractivity contribution in [2.75, 3.05) is 13.2 Å². The van der Waals surface area contributed by atoms with Gasteiger partial charge in [0.15, 0.2) is 0 Å². The summed E-state index contributed by atoms with van der Waals surface area (Å²) >= 11 is 0. The van der Waals surface area contributed by atoms with E-state index >= 15 is 0 Å². The molecule has 0 amide bonds. The van der Waals surface area contributed by atoms with Crippen LogP contribution in [0.3, 0.4) is 0 Å². The van der Waals surface area contributed by atoms with Crippen LogP contribution in [0.15, 0.2) is 30.3 Å². The van der Waals surface area contributed by atoms with Crippen LogP contribution in [0.25, 0.3) is 0 Å². The highest BCUT2D eigenvalue weighted by Crippen LogP contribution is 2.27. The number of benzene rings is 1. The fourth-order valence-electron chi connectivity index (χ4n) is 2.23. The summed E-state index contributed by atoms with van der Waals surface area (Å²) in [4.78, 5) is 0. The van der Waals surface area contributed by atoms with Gasteiger partial charge in [0.05, 0.1) is 6.10 Å². The zero-order valence-electron chi connectivity index (χ0n) is 9.99. The first kappa shape index (κ1) is 11.6. The highest BCUT2D eigenvalue weighted by atomic mass is 16.5. The van der Waals surface area contributed by atoms with Gasteiger partial charge in [-0.15, -0.1) is 0 Å². The van der Waals surface area contributed by atoms with Gasteiger partial charge >= 0.3 is 0 Å². The summed E-state index contributed by atoms with van der Waals surface area (Å²) in [5.41, 5.74) is 1.31. The van der Waals surface area contributed by atoms with E-state index in [0.29, 0.717) is 6.04 Å². The monoisotopic (exact) mass is 219 g/mol. The van der Waals surface area contributed by atoms with Gasteiger partial charge in [0, 0.05) is 12.6 Å². The Kier molecular flexibility index (Phi) is 4.37. The van der Waals surface area contributed by atoms with Crippen LogP contribution in [0.2, 0.25) is 0 Å². The fourth-order valence-corrected chi connectivity index (χ4v) is 2.23. The van der Waals surface area contributed by atoms with Gasteiger partial charge in [-0.2, -0.15) is 0 Å². The Morgan fingerprint density at radius 2 is 2.12 bits per heavy atom. The van der Waals surface area contributed by atoms with E-state index < -0.39 is 0 Å². The molecule has 1 saturated heterocycles. The molecular formula is C14H21NO. The summed E-state index contributed by atoms with van der Waals surface area (Å²) in [6.07, 6.45) is 3.73. The molecular weight excluding hydrogens is 198 g/mol. The Morgan fingerprint density at radius 3 is 2.88 bits per heavy atom. The molecule has 1 aromatic rings. The van der Waals surface area contributed by atoms with Gasteiger partial charge in [0.25, 0.3) is 0 Å². The van der Waals surface area contributed by atoms with E-state index in [1.165, 1.54) is 12.0 Å². The molecule has 88 valence electrons. The normalized spacial score (nSPS) is 25.6. The quantitative estimate of drug-likeness (QED) is 0.840. The summed E-state index contributed by atoms with van der Waals surface area (Å²) in [6.45, 7) is 4.20. The third-order valence-corrected chi connectivity index (χ3v) is 3.14. The van der Waals surface area contributed by atoms with Gasteiger partial charge < -0.3 is 10.1 Å². The summed E-state index contributed by atoms with van der Waals surface area (Å²) in [5, 5.41) is 3.59. The Labute approximate surface area is 98.0 Å². The third-order valence-electron chi connectivity index (χ3n) is 3.14. The van der Waals surface area contributed by atoms with Gasteiger partial charge in [-0.1, -0.05) is 37.3 Å². The van der Waals surface area contributed by atoms with Gasteiger partial charge in [0.2, 0.25) is 0 Å². The molecule has 1 N–H and O–H groups in total. The number of hydrogen-bond donors (Lipinski definition) is 1. The average Bonchev–Trinajstić information content (AvgIpc) is 2.38. The Balaban J connectivity index is 1.91. The molecule has 1 aliphatic rings. The molecule has 0 aromatic heterocycles. The number of hydrogen-bond acceptors (Lipinski definition) is 2. The zero-order chi connectivity index (χ0) is 11.2. The van der Waals surface area contributed by atoms with Crippen molar-refractivity contribution in [2.45, 2.75) is 38.3 Å². The highest BCUT2D eigenvalue weighted by molar-refractivity contribution is 5.18. The van der Waals surface area contributed by atoms with Gasteiger partial charge in [0.1, 0.15) is 0 Å². The third kappa shape index (κ3) is 3.06. The standard InChI is InChI=1S/C14H21NO/c1-2-9-15-13-8-10-16-14(11-13)12-6-4-3-5-7-12/h3-7,13-15H,2,8-11H2,1H3. The Morgan fingerprint density at radius 1 is 1.31 bits per heavy atom. The van der Waals surface area contributed by atoms with E-state index in [2.05, 4.69) is 42.6 Å². The van der Waals surface area contributed by atoms with E-state index in [4.69, 9.17) is 4.74 Å². The minimum Gasteiger partial charge on any atom is -0.373 e. The van der Waals surface area contributed by atoms with E-state index in [0.717, 1.165) is 26.0 Å². The molecule has 2 nitrogen and oxygen atoms in total. The van der Waals surface area contributed by atoms with Crippen LogP contribution < -0.4 is 5.32 Å². The lowest BCUT2D eigenvalue weighted by molar-refractivity contribution is 0.000358. The first-order valence-corrected chi connectivity index (χ1v) is 6.30. The minimum absolute atomic E-state index is 0.282. The van der Waals surface area contributed by atoms with Crippen molar-refractivity contribution >= 4 is 0 Å². The molecule has 1 heterocycles. The van der Waals surface area contributed by atoms with Crippen molar-refractivity contribution in [3.63, 3.8) is 0 Å². The number of ether oxygens (including phenoxy) is 1. The molecule has 2 unspecified atom stereocenters. The summed E-state index contributed by atoms with van der Waals surface area (Å²) < 4.78 is 5.83. The van der Waals surface area contributed by atoms with E-state index in [9.17, 15) is 0 Å². The molecule has 0 aliphatic carbocycles. The Bertz CT molecular complexity index is 299. The van der Waals surface area contributed by atoms with Crippen molar-refractivity contribution in [2.24, 2.45) is 0 Å². The van der Waals surface area contributed by atoms with E-state index in [-0.39, 0.29) is 6.10 Å². The molecule has 0 saturated carbocycles. The molecule has 2 heteroatoms. The van der Waals surface area contributed by atoms with Crippen LogP contribution in [0.4, 0.5) is 0 Å². The topological polar surface area (TPSA) is 21.3 Å². The van der Waals surface area contributed by atoms with Crippen molar-refractivity contribution in [3.05, 3.63) is 35.9 Å². The molecule has 2 atom stereocenters. The summed E-state index contributed by atoms with van der Waals surface area (Å²) in [7, 11) is 0. The van der Waals surface area contributed by atoms with Crippen molar-refractivity contribution < 1.29 is 4.74 Å². The number of rotatable bonds is 4. The van der Waals surface area contributed by atoms with Gasteiger partial charge in [-0.25, -0.2) is 0 Å². The van der Waals surface area contributed by atoms with Crippen LogP contribution in [0, 0.1) is 0 Å². The largest absolute Gasteiger partial charge is 0.373 e. The molecule has 1 aromatic carbocycles. The van der Waals surface area contributed by atoms with Crippen LogP contribution in [0.1, 0.15) is 37.9 Å². The lowest BCUT2D eigenvalue weighted by Crippen LogP contribution is -2.36. The predicted molar refractivity (Wildman–Crippen MR) is 66.5 cm³/mol. The van der Waals surface area contributed by atoms with Crippen LogP contribution in [-0.4, -0.2) is 19.2 Å². The Hall–Kier alpha value is -0.860. The zero-order valence-corrected chi connectivity index (χ0v) is 9.99. The summed E-state index contributed by atoms with van der Waals surface area (Å²) in [5.74, 6) is 0. The average molecular weight is 219 g/mol. The van der Waals surface area contributed by atoms with E-state index in [1.807, 2.05) is 0 Å². The maximum atomic E-state index is 5.83. The van der Waals surface area contributed by atoms with E-state index in [1.54, 1.807) is 0 Å². The number of nitrogens with one attached hydrogen (secondary N) is 1. The predicted octanol–water partition coefficient (Wildman–Crippen LogP) is 2.91. The van der Waals surface area contributed by atoms with Crippen LogP contribution >= 0.6 is 0 Å². The molecule has 1 aliphatic heterocycles. The smallest absolute Gasteiger partial charge is 0.0839 e. The maximum absolute atomic E-state index is 5.83. The van der Waals surface area contributed by atoms with Gasteiger partial charge in [-0.05, 0) is 31.4 Å². The lowest BCUT2D eigenvalue weighted by Gasteiger charge is -2.30. The second-order valence-electron chi connectivity index (χ2n) is 4.45. The summed E-state index contributed by atoms with van der Waals surface area (Å²) in [6, 6.07) is 11.2. The van der Waals surface area contributed by atoms with Crippen molar-refractivity contribution in [1.82, 2.24) is 5.32 Å². The first-order valence-electron chi connectivity index (χ1n) is 6.30. The molecule has 16 heavy (non-hydrogen) atoms. The highest BCUT2D eigenvalue weighted by Gasteiger charge is 2.22. The second kappa shape index (κ2) is 6.02. The molecule has 1 fully saturated rings. The molecule has 0 radical (unpaired) electrons. The molecule has 0 bridgehead atoms. The minimum atomic E-state index is 0.282. The van der Waals surface area contributed by atoms with Crippen LogP contribution in [0.5, 0.6) is 0 Å². The first-order chi connectivity index (χ1) is 7.90. The fraction of sp³-hybridized carbons (Fsp3) is 0.571. The SMILES string of the molecule is CCCNC1CCOC(c2ccccc2)C1. The molecule has 0 spiro atoms.